The zero-order chi connectivity index (χ0) is 19.3. The molecule has 0 unspecified atom stereocenters. The fourth-order valence-electron chi connectivity index (χ4n) is 2.68. The van der Waals surface area contributed by atoms with Crippen LogP contribution in [0.15, 0.2) is 71.0 Å². The van der Waals surface area contributed by atoms with Crippen LogP contribution in [0.1, 0.15) is 29.2 Å². The minimum atomic E-state index is -0.416. The van der Waals surface area contributed by atoms with Crippen LogP contribution in [0.2, 0.25) is 0 Å². The number of hydrogen-bond donors (Lipinski definition) is 2. The molecule has 1 atom stereocenters. The number of hydrogen-bond acceptors (Lipinski definition) is 6. The lowest BCUT2D eigenvalue weighted by Crippen LogP contribution is -2.30. The molecule has 0 spiro atoms. The van der Waals surface area contributed by atoms with Gasteiger partial charge in [0.2, 0.25) is 16.2 Å². The van der Waals surface area contributed by atoms with E-state index in [0.29, 0.717) is 16.4 Å². The van der Waals surface area contributed by atoms with Gasteiger partial charge in [0.25, 0.3) is 0 Å². The van der Waals surface area contributed by atoms with E-state index >= 15 is 0 Å². The number of benzene rings is 2. The maximum absolute atomic E-state index is 12.8. The van der Waals surface area contributed by atoms with Crippen molar-refractivity contribution in [3.63, 3.8) is 0 Å². The van der Waals surface area contributed by atoms with E-state index in [1.54, 1.807) is 0 Å². The van der Waals surface area contributed by atoms with E-state index in [1.807, 2.05) is 48.5 Å². The standard InChI is InChI=1S/C20H21N5OS2/c21-25-19(27-13-14-7-3-1-4-8-14)23-24-20(25)28-17(15-9-5-2-6-10-15)18(26)22-16-11-12-16/h1-10,16-17H,11-13,21H2,(H,22,26)/t17-/m0/s1. The molecule has 2 aromatic carbocycles. The smallest absolute Gasteiger partial charge is 0.238 e. The third-order valence-corrected chi connectivity index (χ3v) is 6.56. The van der Waals surface area contributed by atoms with Gasteiger partial charge in [-0.25, -0.2) is 4.68 Å². The minimum absolute atomic E-state index is 0.0137. The number of carbonyl (C=O) groups excluding carboxylic acids is 1. The topological polar surface area (TPSA) is 85.8 Å². The second kappa shape index (κ2) is 8.70. The Morgan fingerprint density at radius 3 is 2.39 bits per heavy atom. The first-order valence-corrected chi connectivity index (χ1v) is 11.0. The number of amides is 1. The van der Waals surface area contributed by atoms with Gasteiger partial charge >= 0.3 is 0 Å². The van der Waals surface area contributed by atoms with Gasteiger partial charge in [-0.15, -0.1) is 10.2 Å². The van der Waals surface area contributed by atoms with E-state index in [1.165, 1.54) is 33.8 Å². The molecular weight excluding hydrogens is 390 g/mol. The molecule has 0 aliphatic heterocycles. The summed E-state index contributed by atoms with van der Waals surface area (Å²) in [4.78, 5) is 12.8. The molecule has 28 heavy (non-hydrogen) atoms. The van der Waals surface area contributed by atoms with Crippen molar-refractivity contribution < 1.29 is 4.79 Å². The Hall–Kier alpha value is -2.45. The second-order valence-corrected chi connectivity index (χ2v) is 8.62. The lowest BCUT2D eigenvalue weighted by molar-refractivity contribution is -0.120. The Morgan fingerprint density at radius 1 is 1.07 bits per heavy atom. The molecule has 1 aromatic heterocycles. The Balaban J connectivity index is 1.48. The number of nitrogens with two attached hydrogens (primary N) is 1. The molecule has 1 heterocycles. The molecule has 1 amide bonds. The van der Waals surface area contributed by atoms with Crippen LogP contribution < -0.4 is 11.2 Å². The van der Waals surface area contributed by atoms with E-state index in [4.69, 9.17) is 5.84 Å². The van der Waals surface area contributed by atoms with Crippen molar-refractivity contribution in [2.24, 2.45) is 0 Å². The summed E-state index contributed by atoms with van der Waals surface area (Å²) in [5, 5.41) is 12.2. The van der Waals surface area contributed by atoms with Crippen LogP contribution in [0.25, 0.3) is 0 Å². The number of aromatic nitrogens is 3. The first-order valence-electron chi connectivity index (χ1n) is 9.10. The maximum atomic E-state index is 12.8. The summed E-state index contributed by atoms with van der Waals surface area (Å²) in [6.45, 7) is 0. The van der Waals surface area contributed by atoms with Gasteiger partial charge in [0.15, 0.2) is 0 Å². The van der Waals surface area contributed by atoms with Crippen LogP contribution in [0.4, 0.5) is 0 Å². The van der Waals surface area contributed by atoms with Crippen molar-refractivity contribution in [2.75, 3.05) is 5.84 Å². The van der Waals surface area contributed by atoms with Crippen LogP contribution >= 0.6 is 23.5 Å². The van der Waals surface area contributed by atoms with Gasteiger partial charge in [-0.1, -0.05) is 84.2 Å². The molecule has 3 N–H and O–H groups in total. The predicted octanol–water partition coefficient (Wildman–Crippen LogP) is 3.40. The Kier molecular flexibility index (Phi) is 5.87. The monoisotopic (exact) mass is 411 g/mol. The highest BCUT2D eigenvalue weighted by Crippen LogP contribution is 2.36. The van der Waals surface area contributed by atoms with E-state index < -0.39 is 5.25 Å². The van der Waals surface area contributed by atoms with Crippen LogP contribution in [0.3, 0.4) is 0 Å². The van der Waals surface area contributed by atoms with E-state index in [9.17, 15) is 4.79 Å². The van der Waals surface area contributed by atoms with Gasteiger partial charge in [-0.05, 0) is 24.0 Å². The molecule has 1 saturated carbocycles. The fourth-order valence-corrected chi connectivity index (χ4v) is 4.51. The summed E-state index contributed by atoms with van der Waals surface area (Å²) in [6, 6.07) is 20.1. The number of nitrogens with zero attached hydrogens (tertiary/aromatic N) is 3. The van der Waals surface area contributed by atoms with Crippen molar-refractivity contribution >= 4 is 29.4 Å². The van der Waals surface area contributed by atoms with Gasteiger partial charge in [-0.3, -0.25) is 4.79 Å². The summed E-state index contributed by atoms with van der Waals surface area (Å²) in [6.07, 6.45) is 2.09. The highest BCUT2D eigenvalue weighted by atomic mass is 32.2. The molecule has 0 radical (unpaired) electrons. The molecule has 4 rings (SSSR count). The van der Waals surface area contributed by atoms with Crippen LogP contribution in [-0.2, 0) is 10.5 Å². The molecule has 1 aliphatic carbocycles. The Labute approximate surface area is 172 Å². The average molecular weight is 412 g/mol. The lowest BCUT2D eigenvalue weighted by Gasteiger charge is -2.16. The molecule has 1 aliphatic rings. The first-order chi connectivity index (χ1) is 13.7. The fraction of sp³-hybridized carbons (Fsp3) is 0.250. The van der Waals surface area contributed by atoms with Crippen molar-refractivity contribution in [1.29, 1.82) is 0 Å². The molecule has 3 aromatic rings. The number of nitrogen functional groups attached to an aromatic ring is 1. The van der Waals surface area contributed by atoms with E-state index in [-0.39, 0.29) is 5.91 Å². The minimum Gasteiger partial charge on any atom is -0.352 e. The van der Waals surface area contributed by atoms with Gasteiger partial charge in [0.1, 0.15) is 5.25 Å². The molecule has 1 fully saturated rings. The number of thioether (sulfide) groups is 2. The molecule has 6 nitrogen and oxygen atoms in total. The molecule has 0 saturated heterocycles. The van der Waals surface area contributed by atoms with Crippen molar-refractivity contribution in [2.45, 2.75) is 40.2 Å². The summed E-state index contributed by atoms with van der Waals surface area (Å²) in [5.41, 5.74) is 2.11. The SMILES string of the molecule is Nn1c(SCc2ccccc2)nnc1S[C@H](C(=O)NC1CC1)c1ccccc1. The molecule has 0 bridgehead atoms. The number of carbonyl (C=O) groups is 1. The van der Waals surface area contributed by atoms with E-state index in [2.05, 4.69) is 27.6 Å². The quantitative estimate of drug-likeness (QED) is 0.436. The number of nitrogens with one attached hydrogen (secondary N) is 1. The third-order valence-electron chi connectivity index (χ3n) is 4.33. The van der Waals surface area contributed by atoms with Gasteiger partial charge in [0.05, 0.1) is 0 Å². The van der Waals surface area contributed by atoms with E-state index in [0.717, 1.165) is 24.2 Å². The largest absolute Gasteiger partial charge is 0.352 e. The normalized spacial score (nSPS) is 14.6. The molecule has 144 valence electrons. The van der Waals surface area contributed by atoms with Crippen LogP contribution in [0.5, 0.6) is 0 Å². The summed E-state index contributed by atoms with van der Waals surface area (Å²) >= 11 is 2.85. The zero-order valence-corrected chi connectivity index (χ0v) is 16.8. The highest BCUT2D eigenvalue weighted by Gasteiger charge is 2.30. The first kappa shape index (κ1) is 18.9. The maximum Gasteiger partial charge on any atom is 0.238 e. The van der Waals surface area contributed by atoms with Crippen molar-refractivity contribution in [3.8, 4) is 0 Å². The zero-order valence-electron chi connectivity index (χ0n) is 15.2. The summed E-state index contributed by atoms with van der Waals surface area (Å²) in [7, 11) is 0. The predicted molar refractivity (Wildman–Crippen MR) is 112 cm³/mol. The van der Waals surface area contributed by atoms with Gasteiger partial charge in [0, 0.05) is 11.8 Å². The van der Waals surface area contributed by atoms with Crippen molar-refractivity contribution in [3.05, 3.63) is 71.8 Å². The average Bonchev–Trinajstić information content (AvgIpc) is 3.48. The molecule has 8 heteroatoms. The number of rotatable bonds is 8. The van der Waals surface area contributed by atoms with Crippen LogP contribution in [-0.4, -0.2) is 26.8 Å². The third kappa shape index (κ3) is 4.69. The Bertz CT molecular complexity index is 928. The van der Waals surface area contributed by atoms with Gasteiger partial charge in [-0.2, -0.15) is 0 Å². The molecular formula is C20H21N5OS2. The highest BCUT2D eigenvalue weighted by molar-refractivity contribution is 8.00. The Morgan fingerprint density at radius 2 is 1.71 bits per heavy atom. The van der Waals surface area contributed by atoms with Crippen molar-refractivity contribution in [1.82, 2.24) is 20.2 Å². The van der Waals surface area contributed by atoms with Crippen LogP contribution in [0, 0.1) is 0 Å². The lowest BCUT2D eigenvalue weighted by atomic mass is 10.1. The van der Waals surface area contributed by atoms with Gasteiger partial charge < -0.3 is 11.2 Å². The second-order valence-electron chi connectivity index (χ2n) is 6.60. The summed E-state index contributed by atoms with van der Waals surface area (Å²) in [5.74, 6) is 6.97. The summed E-state index contributed by atoms with van der Waals surface area (Å²) < 4.78 is 1.47.